The fourth-order valence-electron chi connectivity index (χ4n) is 4.84. The summed E-state index contributed by atoms with van der Waals surface area (Å²) in [5.41, 5.74) is 4.03. The van der Waals surface area contributed by atoms with Crippen LogP contribution >= 0.6 is 0 Å². The largest absolute Gasteiger partial charge is 0.379 e. The number of aliphatic imine (C=N–C) groups is 2. The number of dihydropyridines is 2. The van der Waals surface area contributed by atoms with Crippen molar-refractivity contribution in [3.8, 4) is 0 Å². The number of anilines is 1. The smallest absolute Gasteiger partial charge is 0.272 e. The average molecular weight is 477 g/mol. The number of nitrogens with one attached hydrogen (secondary N) is 1. The zero-order chi connectivity index (χ0) is 24.2. The van der Waals surface area contributed by atoms with Crippen LogP contribution in [0.2, 0.25) is 0 Å². The van der Waals surface area contributed by atoms with Gasteiger partial charge in [0, 0.05) is 51.1 Å². The first-order chi connectivity index (χ1) is 17.1. The molecule has 4 aliphatic rings. The number of rotatable bonds is 6. The van der Waals surface area contributed by atoms with Gasteiger partial charge < -0.3 is 15.0 Å². The van der Waals surface area contributed by atoms with Gasteiger partial charge in [-0.25, -0.2) is 9.98 Å². The number of hydrogen-bond acceptors (Lipinski definition) is 7. The van der Waals surface area contributed by atoms with Gasteiger partial charge in [-0.15, -0.1) is 0 Å². The molecule has 0 bridgehead atoms. The highest BCUT2D eigenvalue weighted by molar-refractivity contribution is 6.16. The van der Waals surface area contributed by atoms with E-state index in [0.717, 1.165) is 74.7 Å². The number of fused-ring (bicyclic) bond motifs is 1. The third kappa shape index (κ3) is 5.57. The molecule has 35 heavy (non-hydrogen) atoms. The van der Waals surface area contributed by atoms with E-state index in [4.69, 9.17) is 4.74 Å². The van der Waals surface area contributed by atoms with Crippen LogP contribution in [-0.2, 0) is 9.53 Å². The molecule has 2 amide bonds. The lowest BCUT2D eigenvalue weighted by atomic mass is 9.98. The van der Waals surface area contributed by atoms with Gasteiger partial charge in [0.25, 0.3) is 11.8 Å². The zero-order valence-electron chi connectivity index (χ0n) is 20.2. The number of nitrogens with zero attached hydrogens (tertiary/aromatic N) is 5. The van der Waals surface area contributed by atoms with Crippen LogP contribution in [0.15, 0.2) is 51.6 Å². The second-order valence-electron chi connectivity index (χ2n) is 9.38. The molecule has 5 rings (SSSR count). The number of ether oxygens (including phenoxy) is 1. The van der Waals surface area contributed by atoms with E-state index < -0.39 is 0 Å². The second-order valence-corrected chi connectivity index (χ2v) is 9.38. The Morgan fingerprint density at radius 3 is 2.80 bits per heavy atom. The Hall–Kier alpha value is -3.17. The quantitative estimate of drug-likeness (QED) is 0.672. The Morgan fingerprint density at radius 2 is 2.09 bits per heavy atom. The topological polar surface area (TPSA) is 99.5 Å². The van der Waals surface area contributed by atoms with Crippen LogP contribution in [0.4, 0.5) is 5.69 Å². The minimum Gasteiger partial charge on any atom is -0.379 e. The molecule has 1 aromatic rings. The summed E-state index contributed by atoms with van der Waals surface area (Å²) in [6.07, 6.45) is 10.2. The Balaban J connectivity index is 1.12. The van der Waals surface area contributed by atoms with Gasteiger partial charge in [-0.05, 0) is 49.1 Å². The van der Waals surface area contributed by atoms with Crippen molar-refractivity contribution in [2.45, 2.75) is 38.3 Å². The molecule has 2 saturated heterocycles. The summed E-state index contributed by atoms with van der Waals surface area (Å²) in [4.78, 5) is 42.5. The molecular weight excluding hydrogens is 444 g/mol. The Morgan fingerprint density at radius 1 is 1.23 bits per heavy atom. The lowest BCUT2D eigenvalue weighted by molar-refractivity contribution is -0.114. The highest BCUT2D eigenvalue weighted by atomic mass is 16.5. The van der Waals surface area contributed by atoms with Crippen molar-refractivity contribution in [3.63, 3.8) is 0 Å². The molecule has 2 fully saturated rings. The van der Waals surface area contributed by atoms with Crippen LogP contribution in [0, 0.1) is 0 Å². The van der Waals surface area contributed by atoms with Crippen molar-refractivity contribution in [2.75, 3.05) is 50.8 Å². The number of carbonyl (C=O) groups is 2. The summed E-state index contributed by atoms with van der Waals surface area (Å²) in [5.74, 6) is -0.285. The first-order valence-electron chi connectivity index (χ1n) is 12.5. The van der Waals surface area contributed by atoms with E-state index in [1.807, 2.05) is 31.4 Å². The van der Waals surface area contributed by atoms with Gasteiger partial charge >= 0.3 is 0 Å². The van der Waals surface area contributed by atoms with Crippen molar-refractivity contribution in [1.82, 2.24) is 15.2 Å². The van der Waals surface area contributed by atoms with E-state index in [1.165, 1.54) is 0 Å². The van der Waals surface area contributed by atoms with Crippen LogP contribution in [0.3, 0.4) is 0 Å². The molecule has 0 aliphatic carbocycles. The van der Waals surface area contributed by atoms with E-state index in [9.17, 15) is 9.59 Å². The molecule has 4 aliphatic heterocycles. The molecule has 9 heteroatoms. The monoisotopic (exact) mass is 476 g/mol. The highest BCUT2D eigenvalue weighted by Gasteiger charge is 2.25. The van der Waals surface area contributed by atoms with Gasteiger partial charge in [-0.3, -0.25) is 19.5 Å². The zero-order valence-corrected chi connectivity index (χ0v) is 20.2. The molecule has 2 atom stereocenters. The number of pyridine rings is 1. The lowest BCUT2D eigenvalue weighted by Crippen LogP contribution is -2.47. The van der Waals surface area contributed by atoms with E-state index >= 15 is 0 Å². The highest BCUT2D eigenvalue weighted by Crippen LogP contribution is 2.20. The summed E-state index contributed by atoms with van der Waals surface area (Å²) in [7, 11) is 0. The molecule has 0 radical (unpaired) electrons. The van der Waals surface area contributed by atoms with Crippen molar-refractivity contribution in [1.29, 1.82) is 0 Å². The van der Waals surface area contributed by atoms with Gasteiger partial charge in [0.05, 0.1) is 30.2 Å². The van der Waals surface area contributed by atoms with Crippen LogP contribution < -0.4 is 10.2 Å². The van der Waals surface area contributed by atoms with Crippen LogP contribution in [0.1, 0.15) is 36.7 Å². The minimum absolute atomic E-state index is 0.0666. The van der Waals surface area contributed by atoms with Crippen molar-refractivity contribution in [3.05, 3.63) is 47.3 Å². The van der Waals surface area contributed by atoms with E-state index in [1.54, 1.807) is 12.3 Å². The van der Waals surface area contributed by atoms with Gasteiger partial charge in [-0.1, -0.05) is 6.92 Å². The van der Waals surface area contributed by atoms with Crippen LogP contribution in [0.25, 0.3) is 0 Å². The Bertz CT molecular complexity index is 1080. The minimum atomic E-state index is -0.146. The molecular formula is C26H32N6O3. The third-order valence-corrected chi connectivity index (χ3v) is 6.90. The number of carbonyl (C=O) groups excluding carboxylic acids is 2. The molecule has 9 nitrogen and oxygen atoms in total. The SMILES string of the molecule is CCC1=CC2N=CC(CN3CCN(c4ccc(C(=O)N[C@H]5CCCOC5)nc4)CC3)=CC2=NC1=O. The van der Waals surface area contributed by atoms with Crippen LogP contribution in [0.5, 0.6) is 0 Å². The summed E-state index contributed by atoms with van der Waals surface area (Å²) < 4.78 is 5.43. The van der Waals surface area contributed by atoms with Gasteiger partial charge in [0.1, 0.15) is 11.7 Å². The average Bonchev–Trinajstić information content (AvgIpc) is 2.89. The first-order valence-corrected chi connectivity index (χ1v) is 12.5. The molecule has 0 aromatic carbocycles. The lowest BCUT2D eigenvalue weighted by Gasteiger charge is -2.36. The fraction of sp³-hybridized carbons (Fsp3) is 0.500. The number of amides is 2. The molecule has 1 N–H and O–H groups in total. The van der Waals surface area contributed by atoms with Crippen LogP contribution in [-0.4, -0.2) is 91.6 Å². The van der Waals surface area contributed by atoms with E-state index in [0.29, 0.717) is 18.7 Å². The molecule has 5 heterocycles. The van der Waals surface area contributed by atoms with Crippen molar-refractivity contribution < 1.29 is 14.3 Å². The molecule has 184 valence electrons. The van der Waals surface area contributed by atoms with Crippen molar-refractivity contribution >= 4 is 29.4 Å². The first kappa shape index (κ1) is 23.6. The Kier molecular flexibility index (Phi) is 7.15. The molecule has 1 unspecified atom stereocenters. The third-order valence-electron chi connectivity index (χ3n) is 6.90. The fourth-order valence-corrected chi connectivity index (χ4v) is 4.84. The molecule has 1 aromatic heterocycles. The van der Waals surface area contributed by atoms with E-state index in [-0.39, 0.29) is 23.9 Å². The summed E-state index contributed by atoms with van der Waals surface area (Å²) in [6, 6.07) is 3.71. The summed E-state index contributed by atoms with van der Waals surface area (Å²) in [6.45, 7) is 7.65. The second kappa shape index (κ2) is 10.6. The predicted octanol–water partition coefficient (Wildman–Crippen LogP) is 1.81. The maximum absolute atomic E-state index is 12.5. The van der Waals surface area contributed by atoms with Crippen molar-refractivity contribution in [2.24, 2.45) is 9.98 Å². The summed E-state index contributed by atoms with van der Waals surface area (Å²) >= 11 is 0. The number of hydrogen-bond donors (Lipinski definition) is 1. The molecule has 0 saturated carbocycles. The normalized spacial score (nSPS) is 24.9. The standard InChI is InChI=1S/C26H32N6O3/c1-2-19-13-23-24(30-25(19)33)12-18(14-27-23)16-31-7-9-32(10-8-31)21-5-6-22(28-15-21)26(34)29-20-4-3-11-35-17-20/h5-6,12-15,20,23H,2-4,7-11,16-17H2,1H3,(H,29,34)/t20-,23?/m0/s1. The van der Waals surface area contributed by atoms with E-state index in [2.05, 4.69) is 30.1 Å². The predicted molar refractivity (Wildman–Crippen MR) is 135 cm³/mol. The molecule has 0 spiro atoms. The number of piperazine rings is 1. The number of aromatic nitrogens is 1. The maximum Gasteiger partial charge on any atom is 0.272 e. The van der Waals surface area contributed by atoms with Gasteiger partial charge in [-0.2, -0.15) is 0 Å². The van der Waals surface area contributed by atoms with Gasteiger partial charge in [0.15, 0.2) is 0 Å². The summed E-state index contributed by atoms with van der Waals surface area (Å²) in [5, 5.41) is 3.01. The van der Waals surface area contributed by atoms with Gasteiger partial charge in [0.2, 0.25) is 0 Å². The maximum atomic E-state index is 12.5. The Labute approximate surface area is 205 Å².